The van der Waals surface area contributed by atoms with Gasteiger partial charge in [-0.05, 0) is 30.7 Å². The van der Waals surface area contributed by atoms with Gasteiger partial charge in [0.1, 0.15) is 17.3 Å². The third-order valence-corrected chi connectivity index (χ3v) is 2.69. The monoisotopic (exact) mass is 272 g/mol. The Morgan fingerprint density at radius 3 is 2.70 bits per heavy atom. The zero-order chi connectivity index (χ0) is 14.5. The Labute approximate surface area is 115 Å². The second kappa shape index (κ2) is 6.02. The lowest BCUT2D eigenvalue weighted by molar-refractivity contribution is -0.131. The summed E-state index contributed by atoms with van der Waals surface area (Å²) in [4.78, 5) is 10.6. The standard InChI is InChI=1S/C16H13FO3/c1-11-6-8-13(17)10-15(11)20-14-5-3-2-4-12(14)7-9-16(18)19/h2-10H,1H3,(H,18,19)/b9-7+. The predicted molar refractivity (Wildman–Crippen MR) is 74.3 cm³/mol. The molecule has 2 aromatic rings. The highest BCUT2D eigenvalue weighted by Gasteiger charge is 2.06. The molecule has 20 heavy (non-hydrogen) atoms. The maximum atomic E-state index is 13.2. The summed E-state index contributed by atoms with van der Waals surface area (Å²) in [6, 6.07) is 11.2. The van der Waals surface area contributed by atoms with Crippen LogP contribution in [-0.2, 0) is 4.79 Å². The van der Waals surface area contributed by atoms with E-state index in [1.807, 2.05) is 6.92 Å². The highest BCUT2D eigenvalue weighted by molar-refractivity contribution is 5.85. The minimum atomic E-state index is -1.04. The molecule has 4 heteroatoms. The van der Waals surface area contributed by atoms with Gasteiger partial charge in [-0.1, -0.05) is 24.3 Å². The number of halogens is 1. The van der Waals surface area contributed by atoms with E-state index in [4.69, 9.17) is 9.84 Å². The van der Waals surface area contributed by atoms with Gasteiger partial charge < -0.3 is 9.84 Å². The van der Waals surface area contributed by atoms with Gasteiger partial charge in [0.2, 0.25) is 0 Å². The van der Waals surface area contributed by atoms with Crippen LogP contribution < -0.4 is 4.74 Å². The Balaban J connectivity index is 2.34. The Hall–Kier alpha value is -2.62. The van der Waals surface area contributed by atoms with Crippen LogP contribution in [0.4, 0.5) is 4.39 Å². The minimum absolute atomic E-state index is 0.385. The van der Waals surface area contributed by atoms with E-state index in [-0.39, 0.29) is 5.82 Å². The van der Waals surface area contributed by atoms with Crippen molar-refractivity contribution in [2.75, 3.05) is 0 Å². The van der Waals surface area contributed by atoms with E-state index in [1.54, 1.807) is 30.3 Å². The molecule has 0 aliphatic rings. The Bertz CT molecular complexity index is 663. The molecule has 0 amide bonds. The second-order valence-electron chi connectivity index (χ2n) is 4.22. The number of carbonyl (C=O) groups is 1. The zero-order valence-corrected chi connectivity index (χ0v) is 10.8. The topological polar surface area (TPSA) is 46.5 Å². The molecule has 2 rings (SSSR count). The third-order valence-electron chi connectivity index (χ3n) is 2.69. The summed E-state index contributed by atoms with van der Waals surface area (Å²) in [5.74, 6) is -0.550. The summed E-state index contributed by atoms with van der Waals surface area (Å²) in [6.45, 7) is 1.81. The normalized spacial score (nSPS) is 10.7. The molecule has 0 bridgehead atoms. The molecular weight excluding hydrogens is 259 g/mol. The largest absolute Gasteiger partial charge is 0.478 e. The number of hydrogen-bond acceptors (Lipinski definition) is 2. The lowest BCUT2D eigenvalue weighted by Gasteiger charge is -2.11. The second-order valence-corrected chi connectivity index (χ2v) is 4.22. The first-order valence-electron chi connectivity index (χ1n) is 6.00. The van der Waals surface area contributed by atoms with Crippen LogP contribution in [0, 0.1) is 12.7 Å². The van der Waals surface area contributed by atoms with Crippen molar-refractivity contribution in [3.05, 3.63) is 65.5 Å². The average Bonchev–Trinajstić information content (AvgIpc) is 2.42. The molecule has 0 radical (unpaired) electrons. The molecule has 3 nitrogen and oxygen atoms in total. The van der Waals surface area contributed by atoms with Gasteiger partial charge in [-0.15, -0.1) is 0 Å². The number of benzene rings is 2. The Kier molecular flexibility index (Phi) is 4.15. The fourth-order valence-electron chi connectivity index (χ4n) is 1.67. The van der Waals surface area contributed by atoms with Crippen molar-refractivity contribution >= 4 is 12.0 Å². The SMILES string of the molecule is Cc1ccc(F)cc1Oc1ccccc1/C=C/C(=O)O. The summed E-state index contributed by atoms with van der Waals surface area (Å²) in [5.41, 5.74) is 1.40. The van der Waals surface area contributed by atoms with E-state index in [2.05, 4.69) is 0 Å². The molecule has 0 aliphatic carbocycles. The molecule has 0 spiro atoms. The van der Waals surface area contributed by atoms with Crippen LogP contribution >= 0.6 is 0 Å². The zero-order valence-electron chi connectivity index (χ0n) is 10.8. The van der Waals surface area contributed by atoms with Crippen LogP contribution in [0.1, 0.15) is 11.1 Å². The molecule has 0 saturated carbocycles. The maximum absolute atomic E-state index is 13.2. The Morgan fingerprint density at radius 1 is 1.20 bits per heavy atom. The molecule has 0 fully saturated rings. The molecule has 2 aromatic carbocycles. The predicted octanol–water partition coefficient (Wildman–Crippen LogP) is 4.02. The maximum Gasteiger partial charge on any atom is 0.328 e. The molecule has 0 aromatic heterocycles. The van der Waals surface area contributed by atoms with Crippen molar-refractivity contribution in [3.63, 3.8) is 0 Å². The van der Waals surface area contributed by atoms with Crippen molar-refractivity contribution in [2.45, 2.75) is 6.92 Å². The van der Waals surface area contributed by atoms with Gasteiger partial charge in [0.15, 0.2) is 0 Å². The number of para-hydroxylation sites is 1. The van der Waals surface area contributed by atoms with Crippen molar-refractivity contribution in [1.82, 2.24) is 0 Å². The minimum Gasteiger partial charge on any atom is -0.478 e. The van der Waals surface area contributed by atoms with E-state index in [9.17, 15) is 9.18 Å². The van der Waals surface area contributed by atoms with Gasteiger partial charge in [0.05, 0.1) is 0 Å². The van der Waals surface area contributed by atoms with E-state index in [0.717, 1.165) is 11.6 Å². The smallest absolute Gasteiger partial charge is 0.328 e. The fraction of sp³-hybridized carbons (Fsp3) is 0.0625. The van der Waals surface area contributed by atoms with Crippen molar-refractivity contribution in [3.8, 4) is 11.5 Å². The highest BCUT2D eigenvalue weighted by atomic mass is 19.1. The van der Waals surface area contributed by atoms with Gasteiger partial charge in [-0.25, -0.2) is 9.18 Å². The van der Waals surface area contributed by atoms with Crippen molar-refractivity contribution in [1.29, 1.82) is 0 Å². The van der Waals surface area contributed by atoms with Crippen LogP contribution in [0.5, 0.6) is 11.5 Å². The molecule has 1 N–H and O–H groups in total. The molecule has 0 heterocycles. The molecule has 0 saturated heterocycles. The lowest BCUT2D eigenvalue weighted by atomic mass is 10.1. The van der Waals surface area contributed by atoms with E-state index in [1.165, 1.54) is 18.2 Å². The molecule has 0 unspecified atom stereocenters. The number of carboxylic acids is 1. The Morgan fingerprint density at radius 2 is 1.95 bits per heavy atom. The molecular formula is C16H13FO3. The van der Waals surface area contributed by atoms with Crippen molar-refractivity contribution in [2.24, 2.45) is 0 Å². The average molecular weight is 272 g/mol. The van der Waals surface area contributed by atoms with Crippen LogP contribution in [0.3, 0.4) is 0 Å². The number of ether oxygens (including phenoxy) is 1. The highest BCUT2D eigenvalue weighted by Crippen LogP contribution is 2.29. The summed E-state index contributed by atoms with van der Waals surface area (Å²) in [7, 11) is 0. The summed E-state index contributed by atoms with van der Waals surface area (Å²) >= 11 is 0. The van der Waals surface area contributed by atoms with Gasteiger partial charge in [0.25, 0.3) is 0 Å². The summed E-state index contributed by atoms with van der Waals surface area (Å²) < 4.78 is 18.9. The number of aliphatic carboxylic acids is 1. The first kappa shape index (κ1) is 13.8. The van der Waals surface area contributed by atoms with Crippen LogP contribution in [-0.4, -0.2) is 11.1 Å². The number of hydrogen-bond donors (Lipinski definition) is 1. The first-order chi connectivity index (χ1) is 9.56. The first-order valence-corrected chi connectivity index (χ1v) is 6.00. The number of rotatable bonds is 4. The van der Waals surface area contributed by atoms with E-state index in [0.29, 0.717) is 17.1 Å². The van der Waals surface area contributed by atoms with Gasteiger partial charge in [-0.3, -0.25) is 0 Å². The van der Waals surface area contributed by atoms with Gasteiger partial charge in [-0.2, -0.15) is 0 Å². The number of aryl methyl sites for hydroxylation is 1. The van der Waals surface area contributed by atoms with Crippen molar-refractivity contribution < 1.29 is 19.0 Å². The molecule has 102 valence electrons. The van der Waals surface area contributed by atoms with Gasteiger partial charge in [0, 0.05) is 17.7 Å². The summed E-state index contributed by atoms with van der Waals surface area (Å²) in [6.07, 6.45) is 2.47. The lowest BCUT2D eigenvalue weighted by Crippen LogP contribution is -1.92. The van der Waals surface area contributed by atoms with Crippen LogP contribution in [0.25, 0.3) is 6.08 Å². The third kappa shape index (κ3) is 3.45. The molecule has 0 atom stereocenters. The van der Waals surface area contributed by atoms with E-state index >= 15 is 0 Å². The van der Waals surface area contributed by atoms with E-state index < -0.39 is 5.97 Å². The summed E-state index contributed by atoms with van der Waals surface area (Å²) in [5, 5.41) is 8.66. The van der Waals surface area contributed by atoms with Crippen LogP contribution in [0.2, 0.25) is 0 Å². The molecule has 0 aliphatic heterocycles. The quantitative estimate of drug-likeness (QED) is 0.855. The van der Waals surface area contributed by atoms with Gasteiger partial charge >= 0.3 is 5.97 Å². The van der Waals surface area contributed by atoms with Crippen LogP contribution in [0.15, 0.2) is 48.5 Å². The fourth-order valence-corrected chi connectivity index (χ4v) is 1.67. The number of carboxylic acid groups (broad SMARTS) is 1.